The summed E-state index contributed by atoms with van der Waals surface area (Å²) in [5, 5.41) is 10.5. The molecule has 0 aliphatic heterocycles. The van der Waals surface area contributed by atoms with E-state index in [1.165, 1.54) is 30.9 Å². The molecule has 0 atom stereocenters. The molecule has 218 valence electrons. The molecule has 0 spiro atoms. The van der Waals surface area contributed by atoms with Gasteiger partial charge in [-0.1, -0.05) is 109 Å². The minimum atomic E-state index is 0.623. The van der Waals surface area contributed by atoms with Crippen LogP contribution in [0.4, 0.5) is 0 Å². The van der Waals surface area contributed by atoms with Crippen LogP contribution in [-0.2, 0) is 0 Å². The summed E-state index contributed by atoms with van der Waals surface area (Å²) < 4.78 is 11.5. The second kappa shape index (κ2) is 9.25. The molecule has 0 fully saturated rings. The lowest BCUT2D eigenvalue weighted by Gasteiger charge is -2.12. The summed E-state index contributed by atoms with van der Waals surface area (Å²) in [6.07, 6.45) is 0. The van der Waals surface area contributed by atoms with Gasteiger partial charge in [-0.15, -0.1) is 11.3 Å². The second-order valence-electron chi connectivity index (χ2n) is 12.1. The molecular weight excluding hydrogens is 595 g/mol. The predicted molar refractivity (Wildman–Crippen MR) is 197 cm³/mol. The molecule has 4 nitrogen and oxygen atoms in total. The van der Waals surface area contributed by atoms with E-state index in [0.29, 0.717) is 5.95 Å². The Hall–Kier alpha value is -6.04. The zero-order chi connectivity index (χ0) is 30.6. The van der Waals surface area contributed by atoms with Gasteiger partial charge in [0, 0.05) is 52.7 Å². The van der Waals surface area contributed by atoms with E-state index in [1.54, 1.807) is 0 Å². The van der Waals surface area contributed by atoms with E-state index in [9.17, 15) is 0 Å². The van der Waals surface area contributed by atoms with Gasteiger partial charge < -0.3 is 4.42 Å². The zero-order valence-corrected chi connectivity index (χ0v) is 25.8. The molecular formula is C42H23N3OS. The summed E-state index contributed by atoms with van der Waals surface area (Å²) in [6, 6.07) is 49.2. The first-order valence-corrected chi connectivity index (χ1v) is 16.6. The average Bonchev–Trinajstić information content (AvgIpc) is 3.81. The van der Waals surface area contributed by atoms with Gasteiger partial charge in [-0.3, -0.25) is 4.57 Å². The Morgan fingerprint density at radius 2 is 1.17 bits per heavy atom. The van der Waals surface area contributed by atoms with E-state index in [4.69, 9.17) is 14.4 Å². The molecule has 0 saturated carbocycles. The van der Waals surface area contributed by atoms with E-state index in [-0.39, 0.29) is 0 Å². The highest BCUT2D eigenvalue weighted by molar-refractivity contribution is 7.25. The van der Waals surface area contributed by atoms with Crippen molar-refractivity contribution in [2.24, 2.45) is 0 Å². The highest BCUT2D eigenvalue weighted by Crippen LogP contribution is 2.46. The SMILES string of the molecule is c1ccc2c(-c3ccc4c(c3)sc3ccccc34)nc(-n3c4ccccc4c4c5ccccc5c5c6ccccc6oc5c43)nc2c1. The number of para-hydroxylation sites is 3. The summed E-state index contributed by atoms with van der Waals surface area (Å²) in [4.78, 5) is 10.7. The molecule has 47 heavy (non-hydrogen) atoms. The Kier molecular flexibility index (Phi) is 4.96. The maximum absolute atomic E-state index is 6.77. The average molecular weight is 618 g/mol. The van der Waals surface area contributed by atoms with Crippen LogP contribution in [0.15, 0.2) is 144 Å². The summed E-state index contributed by atoms with van der Waals surface area (Å²) in [6.45, 7) is 0. The normalized spacial score (nSPS) is 12.3. The summed E-state index contributed by atoms with van der Waals surface area (Å²) in [5.41, 5.74) is 6.63. The van der Waals surface area contributed by atoms with Gasteiger partial charge in [0.25, 0.3) is 0 Å². The summed E-state index contributed by atoms with van der Waals surface area (Å²) >= 11 is 1.83. The Labute approximate surface area is 271 Å². The monoisotopic (exact) mass is 617 g/mol. The molecule has 4 aromatic heterocycles. The number of aromatic nitrogens is 3. The van der Waals surface area contributed by atoms with Crippen LogP contribution in [0.3, 0.4) is 0 Å². The van der Waals surface area contributed by atoms with Crippen molar-refractivity contribution in [3.63, 3.8) is 0 Å². The minimum absolute atomic E-state index is 0.623. The Morgan fingerprint density at radius 1 is 0.511 bits per heavy atom. The quantitative estimate of drug-likeness (QED) is 0.194. The van der Waals surface area contributed by atoms with Gasteiger partial charge in [0.05, 0.1) is 16.7 Å². The van der Waals surface area contributed by atoms with Gasteiger partial charge in [0.15, 0.2) is 5.58 Å². The number of benzene rings is 7. The van der Waals surface area contributed by atoms with Crippen LogP contribution in [0.1, 0.15) is 0 Å². The molecule has 7 aromatic carbocycles. The van der Waals surface area contributed by atoms with Crippen LogP contribution in [-0.4, -0.2) is 14.5 Å². The van der Waals surface area contributed by atoms with Gasteiger partial charge in [0.1, 0.15) is 11.1 Å². The maximum Gasteiger partial charge on any atom is 0.235 e. The largest absolute Gasteiger partial charge is 0.454 e. The smallest absolute Gasteiger partial charge is 0.235 e. The minimum Gasteiger partial charge on any atom is -0.454 e. The zero-order valence-electron chi connectivity index (χ0n) is 24.9. The molecule has 0 bridgehead atoms. The molecule has 5 heteroatoms. The Balaban J connectivity index is 1.30. The van der Waals surface area contributed by atoms with Crippen molar-refractivity contribution in [2.45, 2.75) is 0 Å². The lowest BCUT2D eigenvalue weighted by atomic mass is 9.99. The van der Waals surface area contributed by atoms with E-state index in [2.05, 4.69) is 138 Å². The van der Waals surface area contributed by atoms with E-state index >= 15 is 0 Å². The van der Waals surface area contributed by atoms with Crippen molar-refractivity contribution in [3.05, 3.63) is 140 Å². The highest BCUT2D eigenvalue weighted by Gasteiger charge is 2.24. The number of fused-ring (bicyclic) bond motifs is 14. The van der Waals surface area contributed by atoms with Crippen LogP contribution in [0.25, 0.3) is 103 Å². The van der Waals surface area contributed by atoms with Crippen LogP contribution in [0, 0.1) is 0 Å². The van der Waals surface area contributed by atoms with Crippen molar-refractivity contribution in [1.82, 2.24) is 14.5 Å². The topological polar surface area (TPSA) is 43.9 Å². The lowest BCUT2D eigenvalue weighted by molar-refractivity contribution is 0.671. The van der Waals surface area contributed by atoms with Gasteiger partial charge in [-0.05, 0) is 41.1 Å². The van der Waals surface area contributed by atoms with Crippen molar-refractivity contribution in [1.29, 1.82) is 0 Å². The molecule has 0 unspecified atom stereocenters. The van der Waals surface area contributed by atoms with Gasteiger partial charge in [-0.25, -0.2) is 9.97 Å². The molecule has 11 rings (SSSR count). The fraction of sp³-hybridized carbons (Fsp3) is 0. The number of hydrogen-bond acceptors (Lipinski definition) is 4. The number of rotatable bonds is 2. The molecule has 0 aliphatic carbocycles. The Morgan fingerprint density at radius 3 is 2.04 bits per heavy atom. The van der Waals surface area contributed by atoms with Crippen molar-refractivity contribution in [2.75, 3.05) is 0 Å². The lowest BCUT2D eigenvalue weighted by Crippen LogP contribution is -2.03. The first-order valence-electron chi connectivity index (χ1n) is 15.8. The first kappa shape index (κ1) is 25.2. The van der Waals surface area contributed by atoms with Gasteiger partial charge in [-0.2, -0.15) is 0 Å². The number of furan rings is 1. The molecule has 11 aromatic rings. The Bertz CT molecular complexity index is 3090. The fourth-order valence-electron chi connectivity index (χ4n) is 7.59. The van der Waals surface area contributed by atoms with Crippen LogP contribution in [0.2, 0.25) is 0 Å². The molecule has 0 saturated heterocycles. The molecule has 0 N–H and O–H groups in total. The third-order valence-corrected chi connectivity index (χ3v) is 10.7. The van der Waals surface area contributed by atoms with Crippen molar-refractivity contribution < 1.29 is 4.42 Å². The van der Waals surface area contributed by atoms with Crippen LogP contribution >= 0.6 is 11.3 Å². The first-order chi connectivity index (χ1) is 23.3. The van der Waals surface area contributed by atoms with Gasteiger partial charge in [0.2, 0.25) is 5.95 Å². The standard InChI is InChI=1S/C42H23N3OS/c1-2-13-28-27(12-1)37-30-15-4-8-18-33(30)45(40(37)41-38(28)31-16-5-9-19-34(31)46-41)42-43-32-17-7-3-14-29(32)39(44-42)24-21-22-26-25-11-6-10-20-35(25)47-36(26)23-24/h1-23H. The molecule has 4 heterocycles. The third kappa shape index (κ3) is 3.41. The van der Waals surface area contributed by atoms with Gasteiger partial charge >= 0.3 is 0 Å². The summed E-state index contributed by atoms with van der Waals surface area (Å²) in [5.74, 6) is 0.623. The predicted octanol–water partition coefficient (Wildman–Crippen LogP) is 11.8. The number of nitrogens with zero attached hydrogens (tertiary/aromatic N) is 3. The number of thiophene rings is 1. The highest BCUT2D eigenvalue weighted by atomic mass is 32.1. The van der Waals surface area contributed by atoms with Crippen molar-refractivity contribution in [3.8, 4) is 17.2 Å². The fourth-order valence-corrected chi connectivity index (χ4v) is 8.74. The van der Waals surface area contributed by atoms with E-state index in [1.807, 2.05) is 17.4 Å². The molecule has 0 aliphatic rings. The van der Waals surface area contributed by atoms with Crippen molar-refractivity contribution >= 4 is 96.9 Å². The summed E-state index contributed by atoms with van der Waals surface area (Å²) in [7, 11) is 0. The van der Waals surface area contributed by atoms with E-state index in [0.717, 1.165) is 65.9 Å². The maximum atomic E-state index is 6.77. The van der Waals surface area contributed by atoms with Crippen LogP contribution in [0.5, 0.6) is 0 Å². The van der Waals surface area contributed by atoms with E-state index < -0.39 is 0 Å². The number of hydrogen-bond donors (Lipinski definition) is 0. The molecule has 0 amide bonds. The second-order valence-corrected chi connectivity index (χ2v) is 13.2. The van der Waals surface area contributed by atoms with Crippen LogP contribution < -0.4 is 0 Å². The third-order valence-electron chi connectivity index (χ3n) is 9.59. The molecule has 0 radical (unpaired) electrons.